The van der Waals surface area contributed by atoms with Crippen molar-refractivity contribution >= 4 is 22.4 Å². The van der Waals surface area contributed by atoms with E-state index in [4.69, 9.17) is 5.73 Å². The lowest BCUT2D eigenvalue weighted by Crippen LogP contribution is -2.41. The smallest absolute Gasteiger partial charge is 0.137 e. The molecule has 2 aromatic rings. The van der Waals surface area contributed by atoms with Crippen molar-refractivity contribution in [3.63, 3.8) is 0 Å². The number of rotatable bonds is 2. The molecule has 0 amide bonds. The van der Waals surface area contributed by atoms with Crippen LogP contribution in [0.2, 0.25) is 0 Å². The van der Waals surface area contributed by atoms with Crippen LogP contribution in [-0.4, -0.2) is 40.0 Å². The fourth-order valence-corrected chi connectivity index (χ4v) is 3.78. The van der Waals surface area contributed by atoms with Crippen molar-refractivity contribution in [1.29, 1.82) is 0 Å². The Morgan fingerprint density at radius 3 is 3.05 bits per heavy atom. The first-order valence-corrected chi connectivity index (χ1v) is 7.82. The van der Waals surface area contributed by atoms with Gasteiger partial charge in [0.1, 0.15) is 12.1 Å². The number of fused-ring (bicyclic) bond motifs is 2. The monoisotopic (exact) mass is 283 g/mol. The van der Waals surface area contributed by atoms with Crippen LogP contribution in [0.1, 0.15) is 25.7 Å². The van der Waals surface area contributed by atoms with E-state index in [1.54, 1.807) is 6.33 Å². The van der Waals surface area contributed by atoms with E-state index < -0.39 is 0 Å². The van der Waals surface area contributed by atoms with Crippen molar-refractivity contribution in [1.82, 2.24) is 14.9 Å². The predicted molar refractivity (Wildman–Crippen MR) is 85.2 cm³/mol. The van der Waals surface area contributed by atoms with Crippen molar-refractivity contribution in [2.75, 3.05) is 24.1 Å². The normalized spacial score (nSPS) is 25.9. The molecular weight excluding hydrogens is 262 g/mol. The molecule has 2 aliphatic rings. The third kappa shape index (κ3) is 2.31. The lowest BCUT2D eigenvalue weighted by molar-refractivity contribution is 0.192. The van der Waals surface area contributed by atoms with Crippen molar-refractivity contribution in [3.05, 3.63) is 24.5 Å². The van der Waals surface area contributed by atoms with Crippen molar-refractivity contribution in [2.24, 2.45) is 0 Å². The zero-order valence-electron chi connectivity index (χ0n) is 12.1. The van der Waals surface area contributed by atoms with Crippen LogP contribution in [0.25, 0.3) is 10.9 Å². The van der Waals surface area contributed by atoms with Crippen molar-refractivity contribution in [2.45, 2.75) is 37.8 Å². The molecule has 21 heavy (non-hydrogen) atoms. The highest BCUT2D eigenvalue weighted by Crippen LogP contribution is 2.30. The zero-order chi connectivity index (χ0) is 14.2. The second-order valence-electron chi connectivity index (χ2n) is 6.14. The Kier molecular flexibility index (Phi) is 3.15. The van der Waals surface area contributed by atoms with Crippen LogP contribution in [0.5, 0.6) is 0 Å². The van der Waals surface area contributed by atoms with E-state index in [0.29, 0.717) is 12.1 Å². The van der Waals surface area contributed by atoms with E-state index in [1.165, 1.54) is 38.8 Å². The Hall–Kier alpha value is -1.88. The minimum absolute atomic E-state index is 0.501. The lowest BCUT2D eigenvalue weighted by atomic mass is 9.99. The molecule has 0 bridgehead atoms. The summed E-state index contributed by atoms with van der Waals surface area (Å²) in [5.74, 6) is 0.942. The number of piperidine rings is 1. The quantitative estimate of drug-likeness (QED) is 0.827. The maximum atomic E-state index is 5.84. The first kappa shape index (κ1) is 12.8. The molecule has 0 spiro atoms. The summed E-state index contributed by atoms with van der Waals surface area (Å²) in [6.45, 7) is 2.46. The highest BCUT2D eigenvalue weighted by Gasteiger charge is 2.35. The molecule has 2 fully saturated rings. The molecule has 3 N–H and O–H groups in total. The molecule has 0 aliphatic carbocycles. The molecule has 2 aliphatic heterocycles. The average molecular weight is 283 g/mol. The molecule has 110 valence electrons. The largest absolute Gasteiger partial charge is 0.399 e. The fourth-order valence-electron chi connectivity index (χ4n) is 3.78. The third-order valence-electron chi connectivity index (χ3n) is 4.84. The molecule has 1 aromatic heterocycles. The van der Waals surface area contributed by atoms with Crippen LogP contribution in [0, 0.1) is 0 Å². The molecule has 0 radical (unpaired) electrons. The molecule has 2 unspecified atom stereocenters. The first-order chi connectivity index (χ1) is 10.3. The van der Waals surface area contributed by atoms with Crippen LogP contribution in [0.15, 0.2) is 24.5 Å². The second kappa shape index (κ2) is 5.15. The van der Waals surface area contributed by atoms with Gasteiger partial charge in [-0.1, -0.05) is 6.42 Å². The number of benzene rings is 1. The van der Waals surface area contributed by atoms with Gasteiger partial charge < -0.3 is 11.1 Å². The summed E-state index contributed by atoms with van der Waals surface area (Å²) >= 11 is 0. The van der Waals surface area contributed by atoms with E-state index in [1.807, 2.05) is 18.2 Å². The van der Waals surface area contributed by atoms with Crippen LogP contribution in [0.4, 0.5) is 11.5 Å². The summed E-state index contributed by atoms with van der Waals surface area (Å²) in [6.07, 6.45) is 6.82. The van der Waals surface area contributed by atoms with Gasteiger partial charge in [0.05, 0.1) is 5.52 Å². The van der Waals surface area contributed by atoms with Crippen molar-refractivity contribution < 1.29 is 0 Å². The first-order valence-electron chi connectivity index (χ1n) is 7.82. The van der Waals surface area contributed by atoms with Gasteiger partial charge in [-0.2, -0.15) is 0 Å². The minimum Gasteiger partial charge on any atom is -0.399 e. The molecule has 1 aromatic carbocycles. The van der Waals surface area contributed by atoms with Gasteiger partial charge >= 0.3 is 0 Å². The molecular formula is C16H21N5. The molecule has 5 heteroatoms. The van der Waals surface area contributed by atoms with Crippen LogP contribution >= 0.6 is 0 Å². The maximum Gasteiger partial charge on any atom is 0.137 e. The molecule has 0 saturated carbocycles. The molecule has 2 saturated heterocycles. The molecule has 5 nitrogen and oxygen atoms in total. The van der Waals surface area contributed by atoms with Gasteiger partial charge in [0, 0.05) is 29.7 Å². The Morgan fingerprint density at radius 2 is 2.10 bits per heavy atom. The minimum atomic E-state index is 0.501. The van der Waals surface area contributed by atoms with E-state index in [0.717, 1.165) is 22.4 Å². The molecule has 4 rings (SSSR count). The van der Waals surface area contributed by atoms with E-state index >= 15 is 0 Å². The number of nitrogens with zero attached hydrogens (tertiary/aromatic N) is 3. The Bertz CT molecular complexity index is 656. The highest BCUT2D eigenvalue weighted by molar-refractivity contribution is 5.90. The van der Waals surface area contributed by atoms with Gasteiger partial charge in [0.25, 0.3) is 0 Å². The predicted octanol–water partition coefficient (Wildman–Crippen LogP) is 2.25. The number of nitrogens with two attached hydrogens (primary N) is 1. The van der Waals surface area contributed by atoms with E-state index in [2.05, 4.69) is 20.2 Å². The standard InChI is InChI=1S/C16H21N5/c17-11-4-5-12-14(9-11)18-10-19-16(12)20-13-6-8-21-7-2-1-3-15(13)21/h4-5,9-10,13,15H,1-3,6-8,17H2,(H,18,19,20). The number of hydrogen-bond donors (Lipinski definition) is 2. The third-order valence-corrected chi connectivity index (χ3v) is 4.84. The highest BCUT2D eigenvalue weighted by atomic mass is 15.2. The van der Waals surface area contributed by atoms with Crippen molar-refractivity contribution in [3.8, 4) is 0 Å². The lowest BCUT2D eigenvalue weighted by Gasteiger charge is -2.32. The van der Waals surface area contributed by atoms with Gasteiger partial charge in [-0.3, -0.25) is 4.90 Å². The zero-order valence-corrected chi connectivity index (χ0v) is 12.1. The Labute approximate surface area is 124 Å². The number of aromatic nitrogens is 2. The maximum absolute atomic E-state index is 5.84. The van der Waals surface area contributed by atoms with Gasteiger partial charge in [-0.25, -0.2) is 9.97 Å². The summed E-state index contributed by atoms with van der Waals surface area (Å²) < 4.78 is 0. The second-order valence-corrected chi connectivity index (χ2v) is 6.14. The number of anilines is 2. The van der Waals surface area contributed by atoms with Gasteiger partial charge in [-0.15, -0.1) is 0 Å². The number of nitrogen functional groups attached to an aromatic ring is 1. The van der Waals surface area contributed by atoms with Crippen LogP contribution in [0.3, 0.4) is 0 Å². The summed E-state index contributed by atoms with van der Waals surface area (Å²) in [4.78, 5) is 11.4. The average Bonchev–Trinajstić information content (AvgIpc) is 2.91. The SMILES string of the molecule is Nc1ccc2c(NC3CCN4CCCCC34)ncnc2c1. The topological polar surface area (TPSA) is 67.1 Å². The van der Waals surface area contributed by atoms with Crippen LogP contribution < -0.4 is 11.1 Å². The summed E-state index contributed by atoms with van der Waals surface area (Å²) in [7, 11) is 0. The number of hydrogen-bond acceptors (Lipinski definition) is 5. The Morgan fingerprint density at radius 1 is 1.14 bits per heavy atom. The van der Waals surface area contributed by atoms with Gasteiger partial charge in [0.15, 0.2) is 0 Å². The fraction of sp³-hybridized carbons (Fsp3) is 0.500. The molecule has 3 heterocycles. The van der Waals surface area contributed by atoms with Crippen LogP contribution in [-0.2, 0) is 0 Å². The summed E-state index contributed by atoms with van der Waals surface area (Å²) in [6, 6.07) is 7.00. The van der Waals surface area contributed by atoms with Gasteiger partial charge in [-0.05, 0) is 44.0 Å². The molecule has 2 atom stereocenters. The van der Waals surface area contributed by atoms with E-state index in [-0.39, 0.29) is 0 Å². The van der Waals surface area contributed by atoms with E-state index in [9.17, 15) is 0 Å². The van der Waals surface area contributed by atoms with Gasteiger partial charge in [0.2, 0.25) is 0 Å². The summed E-state index contributed by atoms with van der Waals surface area (Å²) in [5, 5.41) is 4.73. The Balaban J connectivity index is 1.62. The number of nitrogens with one attached hydrogen (secondary N) is 1. The summed E-state index contributed by atoms with van der Waals surface area (Å²) in [5.41, 5.74) is 7.49.